The SMILES string of the molecule is Cc1cccc(C)c1NC(=O)CN1CCN(C(=O)c2ccc3c(c2)CCC3)CC1. The molecule has 1 saturated heterocycles. The highest BCUT2D eigenvalue weighted by atomic mass is 16.2. The van der Waals surface area contributed by atoms with Crippen LogP contribution in [0.15, 0.2) is 36.4 Å². The second-order valence-electron chi connectivity index (χ2n) is 8.22. The number of nitrogens with zero attached hydrogens (tertiary/aromatic N) is 2. The minimum absolute atomic E-state index is 0.000740. The molecule has 0 atom stereocenters. The van der Waals surface area contributed by atoms with Gasteiger partial charge in [-0.2, -0.15) is 0 Å². The highest BCUT2D eigenvalue weighted by Gasteiger charge is 2.24. The van der Waals surface area contributed by atoms with E-state index in [1.54, 1.807) is 0 Å². The van der Waals surface area contributed by atoms with E-state index in [4.69, 9.17) is 0 Å². The van der Waals surface area contributed by atoms with E-state index in [0.717, 1.165) is 48.3 Å². The van der Waals surface area contributed by atoms with E-state index < -0.39 is 0 Å². The Morgan fingerprint density at radius 2 is 1.62 bits per heavy atom. The molecule has 0 aromatic heterocycles. The van der Waals surface area contributed by atoms with Gasteiger partial charge in [0.05, 0.1) is 6.54 Å². The van der Waals surface area contributed by atoms with Crippen molar-refractivity contribution in [2.45, 2.75) is 33.1 Å². The lowest BCUT2D eigenvalue weighted by molar-refractivity contribution is -0.117. The van der Waals surface area contributed by atoms with Crippen LogP contribution >= 0.6 is 0 Å². The smallest absolute Gasteiger partial charge is 0.253 e. The molecule has 0 spiro atoms. The molecule has 2 aromatic carbocycles. The van der Waals surface area contributed by atoms with Gasteiger partial charge in [-0.15, -0.1) is 0 Å². The lowest BCUT2D eigenvalue weighted by Gasteiger charge is -2.34. The molecule has 29 heavy (non-hydrogen) atoms. The minimum Gasteiger partial charge on any atom is -0.336 e. The standard InChI is InChI=1S/C24H29N3O2/c1-17-5-3-6-18(2)23(17)25-22(28)16-26-11-13-27(14-12-26)24(29)21-10-9-19-7-4-8-20(19)15-21/h3,5-6,9-10,15H,4,7-8,11-14,16H2,1-2H3,(H,25,28). The van der Waals surface area contributed by atoms with Gasteiger partial charge in [0, 0.05) is 37.4 Å². The van der Waals surface area contributed by atoms with Gasteiger partial charge in [-0.25, -0.2) is 0 Å². The predicted octanol–water partition coefficient (Wildman–Crippen LogP) is 3.19. The second kappa shape index (κ2) is 8.37. The number of carbonyl (C=O) groups excluding carboxylic acids is 2. The maximum absolute atomic E-state index is 12.9. The Bertz CT molecular complexity index is 909. The molecule has 0 bridgehead atoms. The summed E-state index contributed by atoms with van der Waals surface area (Å²) in [4.78, 5) is 29.4. The molecule has 1 fully saturated rings. The van der Waals surface area contributed by atoms with Crippen molar-refractivity contribution in [3.8, 4) is 0 Å². The summed E-state index contributed by atoms with van der Waals surface area (Å²) < 4.78 is 0. The maximum Gasteiger partial charge on any atom is 0.253 e. The Kier molecular flexibility index (Phi) is 5.67. The van der Waals surface area contributed by atoms with Crippen LogP contribution in [0.25, 0.3) is 0 Å². The summed E-state index contributed by atoms with van der Waals surface area (Å²) in [5.41, 5.74) is 6.57. The normalized spacial score (nSPS) is 16.6. The van der Waals surface area contributed by atoms with Crippen LogP contribution in [0.4, 0.5) is 5.69 Å². The number of hydrogen-bond acceptors (Lipinski definition) is 3. The Morgan fingerprint density at radius 1 is 0.931 bits per heavy atom. The lowest BCUT2D eigenvalue weighted by atomic mass is 10.1. The average molecular weight is 392 g/mol. The number of anilines is 1. The molecular formula is C24H29N3O2. The number of aryl methyl sites for hydroxylation is 4. The monoisotopic (exact) mass is 391 g/mol. The van der Waals surface area contributed by atoms with Crippen LogP contribution < -0.4 is 5.32 Å². The number of amides is 2. The van der Waals surface area contributed by atoms with E-state index >= 15 is 0 Å². The third-order valence-electron chi connectivity index (χ3n) is 6.12. The van der Waals surface area contributed by atoms with Gasteiger partial charge < -0.3 is 10.2 Å². The van der Waals surface area contributed by atoms with Gasteiger partial charge in [-0.1, -0.05) is 24.3 Å². The van der Waals surface area contributed by atoms with E-state index in [0.29, 0.717) is 19.6 Å². The zero-order chi connectivity index (χ0) is 20.4. The zero-order valence-corrected chi connectivity index (χ0v) is 17.3. The van der Waals surface area contributed by atoms with Crippen LogP contribution in [0.3, 0.4) is 0 Å². The van der Waals surface area contributed by atoms with Gasteiger partial charge in [0.25, 0.3) is 5.91 Å². The predicted molar refractivity (Wildman–Crippen MR) is 115 cm³/mol. The third-order valence-corrected chi connectivity index (χ3v) is 6.12. The molecule has 2 amide bonds. The van der Waals surface area contributed by atoms with Crippen molar-refractivity contribution < 1.29 is 9.59 Å². The summed E-state index contributed by atoms with van der Waals surface area (Å²) in [7, 11) is 0. The number of carbonyl (C=O) groups is 2. The van der Waals surface area contributed by atoms with Crippen LogP contribution in [0.2, 0.25) is 0 Å². The quantitative estimate of drug-likeness (QED) is 0.871. The molecule has 1 N–H and O–H groups in total. The Morgan fingerprint density at radius 3 is 2.34 bits per heavy atom. The van der Waals surface area contributed by atoms with Gasteiger partial charge in [-0.3, -0.25) is 14.5 Å². The number of hydrogen-bond donors (Lipinski definition) is 1. The van der Waals surface area contributed by atoms with Crippen molar-refractivity contribution in [2.75, 3.05) is 38.0 Å². The largest absolute Gasteiger partial charge is 0.336 e. The number of nitrogens with one attached hydrogen (secondary N) is 1. The summed E-state index contributed by atoms with van der Waals surface area (Å²) in [6.07, 6.45) is 3.40. The van der Waals surface area contributed by atoms with Crippen molar-refractivity contribution in [1.29, 1.82) is 0 Å². The molecule has 2 aromatic rings. The van der Waals surface area contributed by atoms with Crippen molar-refractivity contribution in [1.82, 2.24) is 9.80 Å². The highest BCUT2D eigenvalue weighted by molar-refractivity contribution is 5.95. The molecule has 5 heteroatoms. The molecule has 1 heterocycles. The van der Waals surface area contributed by atoms with Crippen LogP contribution in [0, 0.1) is 13.8 Å². The molecule has 2 aliphatic rings. The Balaban J connectivity index is 1.30. The van der Waals surface area contributed by atoms with Gasteiger partial charge in [0.15, 0.2) is 0 Å². The number of rotatable bonds is 4. The Labute approximate surface area is 172 Å². The molecule has 0 unspecified atom stereocenters. The molecular weight excluding hydrogens is 362 g/mol. The zero-order valence-electron chi connectivity index (χ0n) is 17.3. The summed E-state index contributed by atoms with van der Waals surface area (Å²) >= 11 is 0. The lowest BCUT2D eigenvalue weighted by Crippen LogP contribution is -2.50. The highest BCUT2D eigenvalue weighted by Crippen LogP contribution is 2.24. The van der Waals surface area contributed by atoms with E-state index in [-0.39, 0.29) is 11.8 Å². The van der Waals surface area contributed by atoms with Crippen molar-refractivity contribution in [3.63, 3.8) is 0 Å². The van der Waals surface area contributed by atoms with Crippen LogP contribution in [-0.4, -0.2) is 54.3 Å². The van der Waals surface area contributed by atoms with Crippen LogP contribution in [-0.2, 0) is 17.6 Å². The van der Waals surface area contributed by atoms with E-state index in [1.165, 1.54) is 17.5 Å². The van der Waals surface area contributed by atoms with Crippen molar-refractivity contribution >= 4 is 17.5 Å². The van der Waals surface area contributed by atoms with E-state index in [1.807, 2.05) is 43.0 Å². The summed E-state index contributed by atoms with van der Waals surface area (Å²) in [5.74, 6) is 0.111. The first-order chi connectivity index (χ1) is 14.0. The average Bonchev–Trinajstić information content (AvgIpc) is 3.19. The molecule has 1 aliphatic carbocycles. The van der Waals surface area contributed by atoms with Gasteiger partial charge >= 0.3 is 0 Å². The maximum atomic E-state index is 12.9. The number of fused-ring (bicyclic) bond motifs is 1. The Hall–Kier alpha value is -2.66. The van der Waals surface area contributed by atoms with Gasteiger partial charge in [0.1, 0.15) is 0 Å². The molecule has 152 valence electrons. The molecule has 0 saturated carbocycles. The van der Waals surface area contributed by atoms with Crippen LogP contribution in [0.1, 0.15) is 39.0 Å². The number of para-hydroxylation sites is 1. The third kappa shape index (κ3) is 4.35. The van der Waals surface area contributed by atoms with Gasteiger partial charge in [0.2, 0.25) is 5.91 Å². The van der Waals surface area contributed by atoms with Gasteiger partial charge in [-0.05, 0) is 67.5 Å². The topological polar surface area (TPSA) is 52.7 Å². The first-order valence-corrected chi connectivity index (χ1v) is 10.5. The molecule has 1 aliphatic heterocycles. The first kappa shape index (κ1) is 19.6. The molecule has 4 rings (SSSR count). The number of piperazine rings is 1. The fourth-order valence-corrected chi connectivity index (χ4v) is 4.39. The number of benzene rings is 2. The molecule has 0 radical (unpaired) electrons. The van der Waals surface area contributed by atoms with Crippen molar-refractivity contribution in [3.05, 3.63) is 64.2 Å². The summed E-state index contributed by atoms with van der Waals surface area (Å²) in [6.45, 7) is 7.12. The second-order valence-corrected chi connectivity index (χ2v) is 8.22. The fourth-order valence-electron chi connectivity index (χ4n) is 4.39. The van der Waals surface area contributed by atoms with Crippen molar-refractivity contribution in [2.24, 2.45) is 0 Å². The fraction of sp³-hybridized carbons (Fsp3) is 0.417. The van der Waals surface area contributed by atoms with E-state index in [9.17, 15) is 9.59 Å². The van der Waals surface area contributed by atoms with E-state index in [2.05, 4.69) is 22.3 Å². The summed E-state index contributed by atoms with van der Waals surface area (Å²) in [6, 6.07) is 12.2. The first-order valence-electron chi connectivity index (χ1n) is 10.5. The van der Waals surface area contributed by atoms with Crippen LogP contribution in [0.5, 0.6) is 0 Å². The molecule has 5 nitrogen and oxygen atoms in total. The summed E-state index contributed by atoms with van der Waals surface area (Å²) in [5, 5.41) is 3.05. The minimum atomic E-state index is 0.000740.